The fourth-order valence-corrected chi connectivity index (χ4v) is 15.6. The topological polar surface area (TPSA) is 18.5 Å². The summed E-state index contributed by atoms with van der Waals surface area (Å²) in [6, 6.07) is 75.3. The number of ether oxygens (including phenoxy) is 2. The van der Waals surface area contributed by atoms with Gasteiger partial charge in [-0.05, 0) is 255 Å². The Balaban J connectivity index is 0.990. The quantitative estimate of drug-likeness (QED) is 0.129. The van der Waals surface area contributed by atoms with Gasteiger partial charge in [0.15, 0.2) is 0 Å². The first-order chi connectivity index (χ1) is 38.8. The summed E-state index contributed by atoms with van der Waals surface area (Å²) in [4.78, 5) is 0. The second kappa shape index (κ2) is 18.2. The summed E-state index contributed by atoms with van der Waals surface area (Å²) in [6.07, 6.45) is 4.18. The van der Waals surface area contributed by atoms with Gasteiger partial charge < -0.3 is 9.47 Å². The van der Waals surface area contributed by atoms with Crippen molar-refractivity contribution < 1.29 is 9.47 Å². The van der Waals surface area contributed by atoms with Crippen LogP contribution in [0.1, 0.15) is 126 Å². The highest BCUT2D eigenvalue weighted by Gasteiger charge is 2.43. The smallest absolute Gasteiger partial charge is 0.119 e. The molecule has 0 heterocycles. The molecule has 0 radical (unpaired) electrons. The van der Waals surface area contributed by atoms with E-state index in [1.54, 1.807) is 14.2 Å². The molecule has 2 nitrogen and oxygen atoms in total. The Morgan fingerprint density at radius 1 is 0.250 bits per heavy atom. The molecule has 0 saturated heterocycles. The predicted octanol–water partition coefficient (Wildman–Crippen LogP) is 20.8. The predicted molar refractivity (Wildman–Crippen MR) is 335 cm³/mol. The lowest BCUT2D eigenvalue weighted by Gasteiger charge is -2.30. The van der Waals surface area contributed by atoms with Crippen molar-refractivity contribution in [3.8, 4) is 112 Å². The fraction of sp³-hybridized carbons (Fsp3) is 0.231. The minimum Gasteiger partial charge on any atom is -0.497 e. The van der Waals surface area contributed by atoms with Crippen LogP contribution in [-0.4, -0.2) is 14.2 Å². The number of fused-ring (bicyclic) bond motifs is 12. The molecule has 0 unspecified atom stereocenters. The molecule has 10 aromatic carbocycles. The van der Waals surface area contributed by atoms with Gasteiger partial charge in [0.25, 0.3) is 0 Å². The van der Waals surface area contributed by atoms with Gasteiger partial charge in [-0.2, -0.15) is 0 Å². The third kappa shape index (κ3) is 7.09. The lowest BCUT2D eigenvalue weighted by Crippen LogP contribution is -2.23. The van der Waals surface area contributed by atoms with Crippen LogP contribution < -0.4 is 9.47 Å². The summed E-state index contributed by atoms with van der Waals surface area (Å²) in [7, 11) is 3.53. The molecule has 0 atom stereocenters. The Bertz CT molecular complexity index is 3940. The monoisotopic (exact) mass is 1040 g/mol. The zero-order chi connectivity index (χ0) is 55.0. The van der Waals surface area contributed by atoms with Crippen molar-refractivity contribution in [1.82, 2.24) is 0 Å². The van der Waals surface area contributed by atoms with Crippen molar-refractivity contribution in [2.75, 3.05) is 14.2 Å². The molecule has 14 rings (SSSR count). The zero-order valence-electron chi connectivity index (χ0n) is 48.1. The molecule has 0 N–H and O–H groups in total. The Labute approximate surface area is 474 Å². The number of hydrogen-bond donors (Lipinski definition) is 0. The third-order valence-corrected chi connectivity index (χ3v) is 20.2. The molecular weight excluding hydrogens is 969 g/mol. The highest BCUT2D eigenvalue weighted by atomic mass is 16.5. The van der Waals surface area contributed by atoms with Crippen LogP contribution in [0.25, 0.3) is 100 Å². The van der Waals surface area contributed by atoms with E-state index >= 15 is 0 Å². The van der Waals surface area contributed by atoms with Gasteiger partial charge in [0, 0.05) is 21.7 Å². The molecule has 4 aliphatic rings. The summed E-state index contributed by atoms with van der Waals surface area (Å²) < 4.78 is 11.6. The molecule has 0 fully saturated rings. The van der Waals surface area contributed by atoms with E-state index in [4.69, 9.17) is 9.47 Å². The second-order valence-electron chi connectivity index (χ2n) is 24.4. The number of hydrogen-bond acceptors (Lipinski definition) is 2. The molecule has 0 aromatic heterocycles. The molecule has 0 aliphatic heterocycles. The van der Waals surface area contributed by atoms with Gasteiger partial charge in [-0.25, -0.2) is 0 Å². The number of methoxy groups -OCH3 is 2. The first-order valence-corrected chi connectivity index (χ1v) is 29.3. The first kappa shape index (κ1) is 50.0. The van der Waals surface area contributed by atoms with E-state index in [1.807, 2.05) is 0 Å². The van der Waals surface area contributed by atoms with Crippen LogP contribution in [0.15, 0.2) is 194 Å². The Morgan fingerprint density at radius 2 is 0.500 bits per heavy atom. The third-order valence-electron chi connectivity index (χ3n) is 20.2. The molecule has 0 saturated carbocycles. The average molecular weight is 1040 g/mol. The van der Waals surface area contributed by atoms with Gasteiger partial charge in [-0.1, -0.05) is 165 Å². The molecule has 80 heavy (non-hydrogen) atoms. The highest BCUT2D eigenvalue weighted by Crippen LogP contribution is 2.57. The normalized spacial score (nSPS) is 15.5. The van der Waals surface area contributed by atoms with Gasteiger partial charge >= 0.3 is 0 Å². The summed E-state index contributed by atoms with van der Waals surface area (Å²) in [5.74, 6) is 1.79. The van der Waals surface area contributed by atoms with E-state index in [2.05, 4.69) is 250 Å². The minimum absolute atomic E-state index is 0.0445. The maximum atomic E-state index is 5.78. The van der Waals surface area contributed by atoms with E-state index < -0.39 is 0 Å². The summed E-state index contributed by atoms with van der Waals surface area (Å²) >= 11 is 0. The second-order valence-corrected chi connectivity index (χ2v) is 24.4. The summed E-state index contributed by atoms with van der Waals surface area (Å²) in [6.45, 7) is 19.0. The van der Waals surface area contributed by atoms with Crippen molar-refractivity contribution in [1.29, 1.82) is 0 Å². The molecular formula is C78H70O2. The zero-order valence-corrected chi connectivity index (χ0v) is 48.1. The van der Waals surface area contributed by atoms with Crippen molar-refractivity contribution >= 4 is 0 Å². The van der Waals surface area contributed by atoms with E-state index in [0.717, 1.165) is 37.2 Å². The SMILES string of the molecule is CCC1(CC)c2ccccc2-c2ccc(-c3cc(-c4cc(-c5ccc6c(c5)C(C)(C)c5cc(OC)ccc5-6)cc(-c5ccc6c(c5)C(CC)(CC)c5ccccc5-6)c4)cc(-c4ccc5c(c4)C(C)(C)c4cc(OC)ccc4-5)c3)cc21. The van der Waals surface area contributed by atoms with Gasteiger partial charge in [0.2, 0.25) is 0 Å². The summed E-state index contributed by atoms with van der Waals surface area (Å²) in [5, 5.41) is 0. The molecule has 4 aliphatic carbocycles. The molecule has 10 aromatic rings. The molecule has 0 spiro atoms. The van der Waals surface area contributed by atoms with E-state index in [9.17, 15) is 0 Å². The van der Waals surface area contributed by atoms with E-state index in [1.165, 1.54) is 145 Å². The lowest BCUT2D eigenvalue weighted by atomic mass is 9.73. The van der Waals surface area contributed by atoms with Crippen molar-refractivity contribution in [2.45, 2.75) is 103 Å². The average Bonchev–Trinajstić information content (AvgIpc) is 4.22. The van der Waals surface area contributed by atoms with Gasteiger partial charge in [-0.15, -0.1) is 0 Å². The van der Waals surface area contributed by atoms with Crippen molar-refractivity contribution in [3.05, 3.63) is 239 Å². The fourth-order valence-electron chi connectivity index (χ4n) is 15.6. The highest BCUT2D eigenvalue weighted by molar-refractivity contribution is 5.93. The molecule has 0 amide bonds. The van der Waals surface area contributed by atoms with Crippen LogP contribution in [-0.2, 0) is 21.7 Å². The largest absolute Gasteiger partial charge is 0.497 e. The van der Waals surface area contributed by atoms with Gasteiger partial charge in [0.05, 0.1) is 14.2 Å². The lowest BCUT2D eigenvalue weighted by molar-refractivity contribution is 0.413. The Morgan fingerprint density at radius 3 is 0.812 bits per heavy atom. The van der Waals surface area contributed by atoms with Crippen molar-refractivity contribution in [2.24, 2.45) is 0 Å². The minimum atomic E-state index is -0.209. The van der Waals surface area contributed by atoms with Crippen LogP contribution in [0.5, 0.6) is 11.5 Å². The van der Waals surface area contributed by atoms with Crippen LogP contribution in [0, 0.1) is 0 Å². The van der Waals surface area contributed by atoms with Gasteiger partial charge in [0.1, 0.15) is 11.5 Å². The number of rotatable bonds is 11. The number of benzene rings is 10. The van der Waals surface area contributed by atoms with Crippen LogP contribution in [0.3, 0.4) is 0 Å². The summed E-state index contributed by atoms with van der Waals surface area (Å²) in [5.41, 5.74) is 33.4. The maximum absolute atomic E-state index is 5.78. The van der Waals surface area contributed by atoms with E-state index in [-0.39, 0.29) is 21.7 Å². The molecule has 0 bridgehead atoms. The molecule has 2 heteroatoms. The van der Waals surface area contributed by atoms with Crippen LogP contribution >= 0.6 is 0 Å². The molecule has 394 valence electrons. The Hall–Kier alpha value is -8.20. The van der Waals surface area contributed by atoms with E-state index in [0.29, 0.717) is 0 Å². The van der Waals surface area contributed by atoms with Crippen molar-refractivity contribution in [3.63, 3.8) is 0 Å². The Kier molecular flexibility index (Phi) is 11.4. The maximum Gasteiger partial charge on any atom is 0.119 e. The standard InChI is InChI=1S/C78H70O2/c1-11-77(12-2)67-21-17-15-19-59(67)65-31-25-49(43-73(65)77)53-35-51(47-23-29-61-63-33-27-57(79-9)45-71(63)75(5,6)69(61)41-47)37-55(39-53)56-38-52(48-24-30-62-64-34-28-58(80-10)46-72(64)76(7,8)70(62)42-48)36-54(40-56)50-26-32-66-60-20-16-18-22-68(60)78(13-3,14-4)74(66)44-50/h15-46H,11-14H2,1-10H3. The first-order valence-electron chi connectivity index (χ1n) is 29.3. The van der Waals surface area contributed by atoms with Crippen LogP contribution in [0.2, 0.25) is 0 Å². The van der Waals surface area contributed by atoms with Crippen LogP contribution in [0.4, 0.5) is 0 Å². The van der Waals surface area contributed by atoms with Gasteiger partial charge in [-0.3, -0.25) is 0 Å².